The van der Waals surface area contributed by atoms with E-state index in [-0.39, 0.29) is 17.6 Å². The maximum absolute atomic E-state index is 12.7. The number of carbonyl (C=O) groups excluding carboxylic acids is 1. The fourth-order valence-corrected chi connectivity index (χ4v) is 5.42. The Hall–Kier alpha value is -1.54. The van der Waals surface area contributed by atoms with Crippen molar-refractivity contribution < 1.29 is 19.0 Å². The van der Waals surface area contributed by atoms with Crippen LogP contribution in [-0.2, 0) is 25.4 Å². The number of piperidine rings is 1. The monoisotopic (exact) mass is 432 g/mol. The first-order chi connectivity index (χ1) is 14.7. The highest BCUT2D eigenvalue weighted by atomic mass is 32.1. The molecule has 1 spiro atoms. The van der Waals surface area contributed by atoms with Crippen molar-refractivity contribution in [3.05, 3.63) is 29.3 Å². The van der Waals surface area contributed by atoms with Crippen molar-refractivity contribution in [2.45, 2.75) is 57.2 Å². The largest absolute Gasteiger partial charge is 0.379 e. The molecule has 1 unspecified atom stereocenters. The van der Waals surface area contributed by atoms with Gasteiger partial charge in [-0.3, -0.25) is 4.79 Å². The number of para-hydroxylation sites is 1. The second kappa shape index (κ2) is 10.2. The molecular weight excluding hydrogens is 400 g/mol. The second-order valence-corrected chi connectivity index (χ2v) is 9.29. The predicted octanol–water partition coefficient (Wildman–Crippen LogP) is 3.82. The molecule has 2 fully saturated rings. The van der Waals surface area contributed by atoms with E-state index >= 15 is 0 Å². The van der Waals surface area contributed by atoms with Crippen molar-refractivity contribution in [3.8, 4) is 0 Å². The zero-order chi connectivity index (χ0) is 20.8. The van der Waals surface area contributed by atoms with Crippen molar-refractivity contribution in [1.29, 1.82) is 0 Å². The number of thiazole rings is 1. The summed E-state index contributed by atoms with van der Waals surface area (Å²) < 4.78 is 18.8. The Morgan fingerprint density at radius 3 is 2.93 bits per heavy atom. The van der Waals surface area contributed by atoms with Gasteiger partial charge in [0.25, 0.3) is 0 Å². The zero-order valence-electron chi connectivity index (χ0n) is 17.8. The summed E-state index contributed by atoms with van der Waals surface area (Å²) in [5.74, 6) is 0.226. The zero-order valence-corrected chi connectivity index (χ0v) is 18.6. The molecule has 0 aliphatic carbocycles. The lowest BCUT2D eigenvalue weighted by Crippen LogP contribution is -2.52. The number of fused-ring (bicyclic) bond motifs is 1. The van der Waals surface area contributed by atoms with E-state index < -0.39 is 0 Å². The van der Waals surface area contributed by atoms with Gasteiger partial charge < -0.3 is 19.1 Å². The second-order valence-electron chi connectivity index (χ2n) is 8.17. The summed E-state index contributed by atoms with van der Waals surface area (Å²) in [7, 11) is 0. The molecule has 4 rings (SSSR count). The normalized spacial score (nSPS) is 21.4. The van der Waals surface area contributed by atoms with Crippen LogP contribution >= 0.6 is 11.3 Å². The Bertz CT molecular complexity index is 798. The van der Waals surface area contributed by atoms with Gasteiger partial charge in [-0.25, -0.2) is 4.98 Å². The number of benzene rings is 1. The standard InChI is InChI=1S/C23H32N2O4S/c1-2-27-15-16-28-18-9-14-29-23(17-18)10-12-25(13-11-23)22(26)8-7-21-24-19-5-3-4-6-20(19)30-21/h3-6,18H,2,7-17H2,1H3. The number of aromatic nitrogens is 1. The molecule has 0 saturated carbocycles. The van der Waals surface area contributed by atoms with Gasteiger partial charge in [0.1, 0.15) is 0 Å². The van der Waals surface area contributed by atoms with Crippen LogP contribution in [0.1, 0.15) is 44.0 Å². The van der Waals surface area contributed by atoms with Crippen molar-refractivity contribution in [2.24, 2.45) is 0 Å². The molecular formula is C23H32N2O4S. The van der Waals surface area contributed by atoms with E-state index in [4.69, 9.17) is 14.2 Å². The fraction of sp³-hybridized carbons (Fsp3) is 0.652. The van der Waals surface area contributed by atoms with E-state index in [1.54, 1.807) is 11.3 Å². The van der Waals surface area contributed by atoms with Gasteiger partial charge in [0.2, 0.25) is 5.91 Å². The van der Waals surface area contributed by atoms with Crippen LogP contribution in [0, 0.1) is 0 Å². The van der Waals surface area contributed by atoms with Gasteiger partial charge in [-0.2, -0.15) is 0 Å². The van der Waals surface area contributed by atoms with Crippen LogP contribution in [0.15, 0.2) is 24.3 Å². The Morgan fingerprint density at radius 2 is 2.13 bits per heavy atom. The van der Waals surface area contributed by atoms with Crippen LogP contribution in [0.25, 0.3) is 10.2 Å². The summed E-state index contributed by atoms with van der Waals surface area (Å²) in [6, 6.07) is 8.14. The van der Waals surface area contributed by atoms with E-state index in [2.05, 4.69) is 11.1 Å². The highest BCUT2D eigenvalue weighted by Crippen LogP contribution is 2.36. The molecule has 3 heterocycles. The third kappa shape index (κ3) is 5.38. The molecule has 0 N–H and O–H groups in total. The molecule has 0 radical (unpaired) electrons. The van der Waals surface area contributed by atoms with Gasteiger partial charge in [-0.05, 0) is 38.3 Å². The van der Waals surface area contributed by atoms with Crippen LogP contribution in [0.5, 0.6) is 0 Å². The smallest absolute Gasteiger partial charge is 0.222 e. The first-order valence-corrected chi connectivity index (χ1v) is 11.9. The number of carbonyl (C=O) groups is 1. The topological polar surface area (TPSA) is 60.9 Å². The van der Waals surface area contributed by atoms with Crippen molar-refractivity contribution >= 4 is 27.5 Å². The van der Waals surface area contributed by atoms with Gasteiger partial charge in [0.05, 0.1) is 40.1 Å². The summed E-state index contributed by atoms with van der Waals surface area (Å²) in [4.78, 5) is 19.4. The molecule has 0 bridgehead atoms. The summed E-state index contributed by atoms with van der Waals surface area (Å²) in [5.41, 5.74) is 0.899. The van der Waals surface area contributed by atoms with Crippen LogP contribution < -0.4 is 0 Å². The van der Waals surface area contributed by atoms with Crippen LogP contribution in [-0.4, -0.2) is 67.0 Å². The Balaban J connectivity index is 1.22. The van der Waals surface area contributed by atoms with Gasteiger partial charge in [-0.1, -0.05) is 12.1 Å². The number of aryl methyl sites for hydroxylation is 1. The first kappa shape index (κ1) is 21.7. The number of amides is 1. The lowest BCUT2D eigenvalue weighted by molar-refractivity contribution is -0.163. The van der Waals surface area contributed by atoms with Crippen LogP contribution in [0.2, 0.25) is 0 Å². The van der Waals surface area contributed by atoms with E-state index in [0.717, 1.165) is 62.5 Å². The number of likely N-dealkylation sites (tertiary alicyclic amines) is 1. The number of ether oxygens (including phenoxy) is 3. The van der Waals surface area contributed by atoms with Gasteiger partial charge in [-0.15, -0.1) is 11.3 Å². The molecule has 1 atom stereocenters. The molecule has 2 aromatic rings. The summed E-state index contributed by atoms with van der Waals surface area (Å²) in [6.45, 7) is 6.30. The van der Waals surface area contributed by atoms with E-state index in [1.165, 1.54) is 4.70 Å². The van der Waals surface area contributed by atoms with E-state index in [1.807, 2.05) is 30.0 Å². The molecule has 164 valence electrons. The summed E-state index contributed by atoms with van der Waals surface area (Å²) in [6.07, 6.45) is 5.13. The number of hydrogen-bond acceptors (Lipinski definition) is 6. The number of hydrogen-bond donors (Lipinski definition) is 0. The lowest BCUT2D eigenvalue weighted by atomic mass is 9.83. The van der Waals surface area contributed by atoms with Gasteiger partial charge in [0, 0.05) is 45.6 Å². The van der Waals surface area contributed by atoms with Crippen LogP contribution in [0.4, 0.5) is 0 Å². The maximum Gasteiger partial charge on any atom is 0.222 e. The van der Waals surface area contributed by atoms with Crippen molar-refractivity contribution in [2.75, 3.05) is 39.5 Å². The SMILES string of the molecule is CCOCCOC1CCOC2(CCN(C(=O)CCc3nc4ccccc4s3)CC2)C1. The Morgan fingerprint density at radius 1 is 1.30 bits per heavy atom. The quantitative estimate of drug-likeness (QED) is 0.594. The van der Waals surface area contributed by atoms with E-state index in [0.29, 0.717) is 26.1 Å². The van der Waals surface area contributed by atoms with Crippen molar-refractivity contribution in [3.63, 3.8) is 0 Å². The average molecular weight is 433 g/mol. The molecule has 30 heavy (non-hydrogen) atoms. The van der Waals surface area contributed by atoms with Gasteiger partial charge in [0.15, 0.2) is 0 Å². The molecule has 1 aromatic carbocycles. The summed E-state index contributed by atoms with van der Waals surface area (Å²) in [5, 5.41) is 1.04. The molecule has 1 aromatic heterocycles. The minimum Gasteiger partial charge on any atom is -0.379 e. The highest BCUT2D eigenvalue weighted by Gasteiger charge is 2.41. The molecule has 6 nitrogen and oxygen atoms in total. The minimum absolute atomic E-state index is 0.127. The highest BCUT2D eigenvalue weighted by molar-refractivity contribution is 7.18. The minimum atomic E-state index is -0.127. The molecule has 2 saturated heterocycles. The Kier molecular flexibility index (Phi) is 7.36. The van der Waals surface area contributed by atoms with E-state index in [9.17, 15) is 4.79 Å². The third-order valence-electron chi connectivity index (χ3n) is 6.15. The van der Waals surface area contributed by atoms with Gasteiger partial charge >= 0.3 is 0 Å². The number of nitrogens with zero attached hydrogens (tertiary/aromatic N) is 2. The van der Waals surface area contributed by atoms with Crippen molar-refractivity contribution in [1.82, 2.24) is 9.88 Å². The molecule has 2 aliphatic rings. The summed E-state index contributed by atoms with van der Waals surface area (Å²) >= 11 is 1.69. The molecule has 2 aliphatic heterocycles. The number of rotatable bonds is 8. The first-order valence-electron chi connectivity index (χ1n) is 11.1. The predicted molar refractivity (Wildman–Crippen MR) is 118 cm³/mol. The fourth-order valence-electron chi connectivity index (χ4n) is 4.45. The maximum atomic E-state index is 12.7. The molecule has 7 heteroatoms. The average Bonchev–Trinajstić information content (AvgIpc) is 3.19. The lowest BCUT2D eigenvalue weighted by Gasteiger charge is -2.46. The third-order valence-corrected chi connectivity index (χ3v) is 7.25. The Labute approximate surface area is 182 Å². The molecule has 1 amide bonds. The van der Waals surface area contributed by atoms with Crippen LogP contribution in [0.3, 0.4) is 0 Å².